The summed E-state index contributed by atoms with van der Waals surface area (Å²) in [5.41, 5.74) is 1.34. The van der Waals surface area contributed by atoms with Crippen LogP contribution in [-0.4, -0.2) is 19.8 Å². The van der Waals surface area contributed by atoms with E-state index in [1.54, 1.807) is 0 Å². The van der Waals surface area contributed by atoms with Gasteiger partial charge in [0.05, 0.1) is 6.10 Å². The van der Waals surface area contributed by atoms with Crippen LogP contribution in [0.4, 0.5) is 0 Å². The smallest absolute Gasteiger partial charge is 0.0576 e. The minimum Gasteiger partial charge on any atom is -0.378 e. The van der Waals surface area contributed by atoms with Crippen molar-refractivity contribution in [2.24, 2.45) is 0 Å². The number of ether oxygens (including phenoxy) is 1. The third kappa shape index (κ3) is 3.54. The molecule has 1 aliphatic rings. The second kappa shape index (κ2) is 6.53. The fourth-order valence-corrected chi connectivity index (χ4v) is 3.00. The number of rotatable bonds is 5. The van der Waals surface area contributed by atoms with Crippen molar-refractivity contribution in [2.45, 2.75) is 37.8 Å². The lowest BCUT2D eigenvalue weighted by Gasteiger charge is -2.19. The number of hydrogen-bond acceptors (Lipinski definition) is 2. The van der Waals surface area contributed by atoms with Crippen LogP contribution >= 0.6 is 15.9 Å². The van der Waals surface area contributed by atoms with Gasteiger partial charge in [-0.25, -0.2) is 0 Å². The average Bonchev–Trinajstić information content (AvgIpc) is 2.85. The summed E-state index contributed by atoms with van der Waals surface area (Å²) < 4.78 is 6.86. The van der Waals surface area contributed by atoms with Crippen LogP contribution in [0, 0.1) is 0 Å². The van der Waals surface area contributed by atoms with E-state index in [0.29, 0.717) is 12.1 Å². The van der Waals surface area contributed by atoms with Gasteiger partial charge in [0.2, 0.25) is 0 Å². The van der Waals surface area contributed by atoms with E-state index in [1.807, 2.05) is 7.05 Å². The van der Waals surface area contributed by atoms with Gasteiger partial charge in [-0.05, 0) is 44.4 Å². The van der Waals surface area contributed by atoms with Crippen LogP contribution < -0.4 is 5.32 Å². The van der Waals surface area contributed by atoms with Gasteiger partial charge in [0.25, 0.3) is 0 Å². The van der Waals surface area contributed by atoms with E-state index in [-0.39, 0.29) is 0 Å². The van der Waals surface area contributed by atoms with E-state index >= 15 is 0 Å². The topological polar surface area (TPSA) is 21.3 Å². The highest BCUT2D eigenvalue weighted by atomic mass is 79.9. The molecular formula is C14H20BrNO. The third-order valence-electron chi connectivity index (χ3n) is 3.43. The van der Waals surface area contributed by atoms with Crippen molar-refractivity contribution in [1.29, 1.82) is 0 Å². The first kappa shape index (κ1) is 13.1. The number of benzene rings is 1. The Morgan fingerprint density at radius 2 is 2.29 bits per heavy atom. The van der Waals surface area contributed by atoms with Gasteiger partial charge in [-0.1, -0.05) is 34.1 Å². The zero-order valence-corrected chi connectivity index (χ0v) is 11.9. The van der Waals surface area contributed by atoms with Gasteiger partial charge >= 0.3 is 0 Å². The number of hydrogen-bond donors (Lipinski definition) is 1. The van der Waals surface area contributed by atoms with Crippen LogP contribution in [0.15, 0.2) is 28.7 Å². The lowest BCUT2D eigenvalue weighted by Crippen LogP contribution is -2.19. The molecule has 1 N–H and O–H groups in total. The maximum Gasteiger partial charge on any atom is 0.0576 e. The first-order valence-corrected chi connectivity index (χ1v) is 7.14. The van der Waals surface area contributed by atoms with Crippen LogP contribution in [0.5, 0.6) is 0 Å². The minimum atomic E-state index is 0.412. The molecule has 0 aromatic heterocycles. The zero-order chi connectivity index (χ0) is 12.1. The van der Waals surface area contributed by atoms with E-state index in [0.717, 1.165) is 19.4 Å². The Bertz CT molecular complexity index is 350. The van der Waals surface area contributed by atoms with E-state index in [1.165, 1.54) is 22.9 Å². The van der Waals surface area contributed by atoms with Crippen molar-refractivity contribution in [1.82, 2.24) is 5.32 Å². The minimum absolute atomic E-state index is 0.412. The molecule has 1 saturated heterocycles. The molecule has 0 saturated carbocycles. The maximum atomic E-state index is 5.67. The van der Waals surface area contributed by atoms with Gasteiger partial charge in [0, 0.05) is 17.1 Å². The molecule has 1 aromatic rings. The second-order valence-corrected chi connectivity index (χ2v) is 5.43. The largest absolute Gasteiger partial charge is 0.378 e. The van der Waals surface area contributed by atoms with E-state index in [9.17, 15) is 0 Å². The summed E-state index contributed by atoms with van der Waals surface area (Å²) in [5.74, 6) is 0. The molecule has 2 unspecified atom stereocenters. The quantitative estimate of drug-likeness (QED) is 0.895. The summed E-state index contributed by atoms with van der Waals surface area (Å²) in [4.78, 5) is 0. The van der Waals surface area contributed by atoms with Gasteiger partial charge in [0.15, 0.2) is 0 Å². The highest BCUT2D eigenvalue weighted by Gasteiger charge is 2.18. The number of nitrogens with one attached hydrogen (secondary N) is 1. The van der Waals surface area contributed by atoms with Crippen molar-refractivity contribution in [3.05, 3.63) is 34.3 Å². The standard InChI is InChI=1S/C14H20BrNO/c1-16-14(9-8-11-5-4-10-17-11)12-6-2-3-7-13(12)15/h2-3,6-7,11,14,16H,4-5,8-10H2,1H3. The van der Waals surface area contributed by atoms with Crippen LogP contribution in [0.1, 0.15) is 37.3 Å². The van der Waals surface area contributed by atoms with Crippen LogP contribution in [0.3, 0.4) is 0 Å². The Kier molecular flexibility index (Phi) is 5.01. The second-order valence-electron chi connectivity index (χ2n) is 4.58. The highest BCUT2D eigenvalue weighted by molar-refractivity contribution is 9.10. The Morgan fingerprint density at radius 1 is 1.47 bits per heavy atom. The summed E-state index contributed by atoms with van der Waals surface area (Å²) in [7, 11) is 2.03. The molecule has 1 aliphatic heterocycles. The molecule has 1 heterocycles. The molecule has 0 radical (unpaired) electrons. The molecule has 2 rings (SSSR count). The summed E-state index contributed by atoms with van der Waals surface area (Å²) in [6, 6.07) is 8.85. The molecule has 94 valence electrons. The zero-order valence-electron chi connectivity index (χ0n) is 10.3. The molecule has 0 bridgehead atoms. The first-order valence-electron chi connectivity index (χ1n) is 6.34. The van der Waals surface area contributed by atoms with Crippen molar-refractivity contribution in [2.75, 3.05) is 13.7 Å². The monoisotopic (exact) mass is 297 g/mol. The Hall–Kier alpha value is -0.380. The first-order chi connectivity index (χ1) is 8.31. The van der Waals surface area contributed by atoms with Crippen LogP contribution in [-0.2, 0) is 4.74 Å². The van der Waals surface area contributed by atoms with Gasteiger partial charge in [-0.15, -0.1) is 0 Å². The molecule has 0 amide bonds. The molecule has 0 aliphatic carbocycles. The molecule has 3 heteroatoms. The third-order valence-corrected chi connectivity index (χ3v) is 4.15. The Labute approximate surface area is 112 Å². The summed E-state index contributed by atoms with van der Waals surface area (Å²) >= 11 is 3.62. The van der Waals surface area contributed by atoms with Crippen LogP contribution in [0.2, 0.25) is 0 Å². The Morgan fingerprint density at radius 3 is 2.94 bits per heavy atom. The van der Waals surface area contributed by atoms with Crippen LogP contribution in [0.25, 0.3) is 0 Å². The van der Waals surface area contributed by atoms with Gasteiger partial charge in [0.1, 0.15) is 0 Å². The highest BCUT2D eigenvalue weighted by Crippen LogP contribution is 2.28. The average molecular weight is 298 g/mol. The molecular weight excluding hydrogens is 278 g/mol. The molecule has 2 atom stereocenters. The van der Waals surface area contributed by atoms with Gasteiger partial charge in [-0.2, -0.15) is 0 Å². The summed E-state index contributed by atoms with van der Waals surface area (Å²) in [6.45, 7) is 0.948. The van der Waals surface area contributed by atoms with Crippen molar-refractivity contribution < 1.29 is 4.74 Å². The van der Waals surface area contributed by atoms with E-state index in [2.05, 4.69) is 45.5 Å². The molecule has 2 nitrogen and oxygen atoms in total. The van der Waals surface area contributed by atoms with Gasteiger partial charge < -0.3 is 10.1 Å². The normalized spacial score (nSPS) is 21.6. The fourth-order valence-electron chi connectivity index (χ4n) is 2.44. The predicted octanol–water partition coefficient (Wildman–Crippen LogP) is 3.67. The number of halogens is 1. The van der Waals surface area contributed by atoms with Crippen molar-refractivity contribution in [3.63, 3.8) is 0 Å². The van der Waals surface area contributed by atoms with Gasteiger partial charge in [-0.3, -0.25) is 0 Å². The lowest BCUT2D eigenvalue weighted by atomic mass is 9.99. The SMILES string of the molecule is CNC(CCC1CCCO1)c1ccccc1Br. The summed E-state index contributed by atoms with van der Waals surface area (Å²) in [6.07, 6.45) is 5.21. The molecule has 1 fully saturated rings. The maximum absolute atomic E-state index is 5.67. The lowest BCUT2D eigenvalue weighted by molar-refractivity contribution is 0.0998. The predicted molar refractivity (Wildman–Crippen MR) is 74.2 cm³/mol. The van der Waals surface area contributed by atoms with E-state index in [4.69, 9.17) is 4.74 Å². The molecule has 0 spiro atoms. The van der Waals surface area contributed by atoms with Crippen molar-refractivity contribution >= 4 is 15.9 Å². The summed E-state index contributed by atoms with van der Waals surface area (Å²) in [5, 5.41) is 3.40. The van der Waals surface area contributed by atoms with E-state index < -0.39 is 0 Å². The fraction of sp³-hybridized carbons (Fsp3) is 0.571. The Balaban J connectivity index is 1.94. The molecule has 1 aromatic carbocycles. The molecule has 17 heavy (non-hydrogen) atoms. The van der Waals surface area contributed by atoms with Crippen molar-refractivity contribution in [3.8, 4) is 0 Å².